The molecule has 126 valence electrons. The Morgan fingerprint density at radius 1 is 1.17 bits per heavy atom. The third-order valence-electron chi connectivity index (χ3n) is 4.95. The van der Waals surface area contributed by atoms with Crippen molar-refractivity contribution in [1.82, 2.24) is 25.1 Å². The maximum atomic E-state index is 13.4. The molecule has 0 radical (unpaired) electrons. The zero-order valence-corrected chi connectivity index (χ0v) is 12.8. The average Bonchev–Trinajstić information content (AvgIpc) is 2.96. The number of alkyl halides is 2. The van der Waals surface area contributed by atoms with Crippen molar-refractivity contribution in [2.75, 3.05) is 18.4 Å². The summed E-state index contributed by atoms with van der Waals surface area (Å²) in [5.74, 6) is -2.54. The normalized spacial score (nSPS) is 20.8. The molecule has 7 nitrogen and oxygen atoms in total. The van der Waals surface area contributed by atoms with Crippen LogP contribution in [0.2, 0.25) is 0 Å². The molecule has 1 aromatic heterocycles. The van der Waals surface area contributed by atoms with E-state index >= 15 is 0 Å². The van der Waals surface area contributed by atoms with Crippen LogP contribution in [0.5, 0.6) is 0 Å². The van der Waals surface area contributed by atoms with Gasteiger partial charge in [-0.15, -0.1) is 5.10 Å². The second-order valence-electron chi connectivity index (χ2n) is 6.38. The molecule has 9 heteroatoms. The van der Waals surface area contributed by atoms with Gasteiger partial charge < -0.3 is 10.2 Å². The Morgan fingerprint density at radius 2 is 1.83 bits per heavy atom. The largest absolute Gasteiger partial charge is 0.324 e. The minimum Gasteiger partial charge on any atom is -0.324 e. The third-order valence-corrected chi connectivity index (χ3v) is 4.95. The van der Waals surface area contributed by atoms with Crippen LogP contribution in [0.3, 0.4) is 0 Å². The first-order chi connectivity index (χ1) is 11.5. The number of hydrogen-bond acceptors (Lipinski definition) is 4. The molecular formula is C15H16F2N6O. The second-order valence-corrected chi connectivity index (χ2v) is 6.38. The van der Waals surface area contributed by atoms with Crippen molar-refractivity contribution in [2.45, 2.75) is 25.2 Å². The number of anilines is 1. The maximum absolute atomic E-state index is 13.4. The van der Waals surface area contributed by atoms with Crippen LogP contribution in [0.25, 0.3) is 5.69 Å². The van der Waals surface area contributed by atoms with Gasteiger partial charge in [-0.05, 0) is 47.5 Å². The lowest BCUT2D eigenvalue weighted by atomic mass is 9.93. The third kappa shape index (κ3) is 2.49. The zero-order chi connectivity index (χ0) is 16.8. The molecule has 2 fully saturated rings. The molecule has 4 rings (SSSR count). The number of hydrogen-bond donors (Lipinski definition) is 1. The van der Waals surface area contributed by atoms with Gasteiger partial charge in [-0.25, -0.2) is 18.3 Å². The summed E-state index contributed by atoms with van der Waals surface area (Å²) in [6.07, 6.45) is 2.18. The first kappa shape index (κ1) is 15.0. The molecule has 0 atom stereocenters. The molecule has 1 saturated heterocycles. The number of nitrogens with zero attached hydrogens (tertiary/aromatic N) is 5. The predicted molar refractivity (Wildman–Crippen MR) is 81.0 cm³/mol. The Balaban J connectivity index is 1.35. The lowest BCUT2D eigenvalue weighted by Gasteiger charge is -2.32. The molecule has 1 N–H and O–H groups in total. The van der Waals surface area contributed by atoms with Crippen LogP contribution >= 0.6 is 0 Å². The highest BCUT2D eigenvalue weighted by Crippen LogP contribution is 2.65. The summed E-state index contributed by atoms with van der Waals surface area (Å²) in [5.41, 5.74) is 0.555. The quantitative estimate of drug-likeness (QED) is 0.914. The Bertz CT molecular complexity index is 738. The van der Waals surface area contributed by atoms with Gasteiger partial charge in [-0.1, -0.05) is 0 Å². The average molecular weight is 334 g/mol. The number of piperidine rings is 1. The van der Waals surface area contributed by atoms with E-state index in [4.69, 9.17) is 0 Å². The molecule has 0 bridgehead atoms. The van der Waals surface area contributed by atoms with Gasteiger partial charge >= 0.3 is 6.03 Å². The molecular weight excluding hydrogens is 318 g/mol. The highest BCUT2D eigenvalue weighted by atomic mass is 19.3. The first-order valence-corrected chi connectivity index (χ1v) is 7.76. The van der Waals surface area contributed by atoms with E-state index in [1.165, 1.54) is 11.0 Å². The number of likely N-dealkylation sites (tertiary alicyclic amines) is 1. The van der Waals surface area contributed by atoms with Gasteiger partial charge in [0.2, 0.25) is 0 Å². The van der Waals surface area contributed by atoms with Gasteiger partial charge in [0.05, 0.1) is 5.69 Å². The SMILES string of the molecule is O=C(Nc1ccc(-n2cnnn2)cc1)N1CCC2(CC1)CC2(F)F. The van der Waals surface area contributed by atoms with Crippen LogP contribution in [-0.4, -0.2) is 50.2 Å². The molecule has 1 spiro atoms. The van der Waals surface area contributed by atoms with Gasteiger partial charge in [-0.3, -0.25) is 0 Å². The smallest absolute Gasteiger partial charge is 0.321 e. The van der Waals surface area contributed by atoms with E-state index in [2.05, 4.69) is 20.8 Å². The van der Waals surface area contributed by atoms with E-state index in [1.54, 1.807) is 29.2 Å². The molecule has 2 aromatic rings. The van der Waals surface area contributed by atoms with Crippen molar-refractivity contribution in [3.05, 3.63) is 30.6 Å². The van der Waals surface area contributed by atoms with E-state index in [1.807, 2.05) is 0 Å². The highest BCUT2D eigenvalue weighted by Gasteiger charge is 2.70. The molecule has 1 aromatic carbocycles. The standard InChI is InChI=1S/C15H16F2N6O/c16-15(17)9-14(15)5-7-22(8-6-14)13(24)19-11-1-3-12(4-2-11)23-10-18-20-21-23/h1-4,10H,5-9H2,(H,19,24). The van der Waals surface area contributed by atoms with Crippen molar-refractivity contribution < 1.29 is 13.6 Å². The Morgan fingerprint density at radius 3 is 2.38 bits per heavy atom. The minimum atomic E-state index is -2.54. The summed E-state index contributed by atoms with van der Waals surface area (Å²) in [6, 6.07) is 6.79. The van der Waals surface area contributed by atoms with Crippen molar-refractivity contribution in [3.8, 4) is 5.69 Å². The van der Waals surface area contributed by atoms with Gasteiger partial charge in [0.1, 0.15) is 6.33 Å². The molecule has 1 aliphatic heterocycles. The van der Waals surface area contributed by atoms with Crippen molar-refractivity contribution >= 4 is 11.7 Å². The lowest BCUT2D eigenvalue weighted by molar-refractivity contribution is 0.0380. The van der Waals surface area contributed by atoms with E-state index in [0.717, 1.165) is 5.69 Å². The summed E-state index contributed by atoms with van der Waals surface area (Å²) in [4.78, 5) is 13.9. The maximum Gasteiger partial charge on any atom is 0.321 e. The summed E-state index contributed by atoms with van der Waals surface area (Å²) in [6.45, 7) is 0.730. The highest BCUT2D eigenvalue weighted by molar-refractivity contribution is 5.89. The van der Waals surface area contributed by atoms with E-state index in [9.17, 15) is 13.6 Å². The summed E-state index contributed by atoms with van der Waals surface area (Å²) in [7, 11) is 0. The lowest BCUT2D eigenvalue weighted by Crippen LogP contribution is -2.42. The second kappa shape index (κ2) is 5.22. The topological polar surface area (TPSA) is 75.9 Å². The number of tetrazole rings is 1. The fourth-order valence-electron chi connectivity index (χ4n) is 3.24. The number of halogens is 2. The predicted octanol–water partition coefficient (Wildman–Crippen LogP) is 2.32. The van der Waals surface area contributed by atoms with Crippen LogP contribution in [-0.2, 0) is 0 Å². The molecule has 24 heavy (non-hydrogen) atoms. The summed E-state index contributed by atoms with van der Waals surface area (Å²) >= 11 is 0. The van der Waals surface area contributed by atoms with Crippen LogP contribution < -0.4 is 5.32 Å². The molecule has 2 amide bonds. The van der Waals surface area contributed by atoms with Crippen LogP contribution in [0, 0.1) is 5.41 Å². The molecule has 0 unspecified atom stereocenters. The molecule has 1 aliphatic carbocycles. The summed E-state index contributed by atoms with van der Waals surface area (Å²) < 4.78 is 28.2. The number of amides is 2. The van der Waals surface area contributed by atoms with Crippen LogP contribution in [0.4, 0.5) is 19.3 Å². The van der Waals surface area contributed by atoms with Crippen molar-refractivity contribution in [2.24, 2.45) is 5.41 Å². The Hall–Kier alpha value is -2.58. The Labute approximate surface area is 136 Å². The van der Waals surface area contributed by atoms with Gasteiger partial charge in [0.25, 0.3) is 5.92 Å². The van der Waals surface area contributed by atoms with Crippen LogP contribution in [0.15, 0.2) is 30.6 Å². The van der Waals surface area contributed by atoms with Crippen LogP contribution in [0.1, 0.15) is 19.3 Å². The number of benzene rings is 1. The molecule has 2 aliphatic rings. The zero-order valence-electron chi connectivity index (χ0n) is 12.8. The van der Waals surface area contributed by atoms with E-state index in [-0.39, 0.29) is 12.5 Å². The van der Waals surface area contributed by atoms with Crippen molar-refractivity contribution in [1.29, 1.82) is 0 Å². The number of rotatable bonds is 2. The van der Waals surface area contributed by atoms with Gasteiger partial charge in [-0.2, -0.15) is 0 Å². The van der Waals surface area contributed by atoms with E-state index in [0.29, 0.717) is 31.6 Å². The summed E-state index contributed by atoms with van der Waals surface area (Å²) in [5, 5.41) is 13.7. The molecule has 1 saturated carbocycles. The number of nitrogens with one attached hydrogen (secondary N) is 1. The van der Waals surface area contributed by atoms with Gasteiger partial charge in [0, 0.05) is 30.6 Å². The fourth-order valence-corrected chi connectivity index (χ4v) is 3.24. The number of urea groups is 1. The number of carbonyl (C=O) groups excluding carboxylic acids is 1. The minimum absolute atomic E-state index is 0.0337. The first-order valence-electron chi connectivity index (χ1n) is 7.76. The van der Waals surface area contributed by atoms with Crippen molar-refractivity contribution in [3.63, 3.8) is 0 Å². The number of carbonyl (C=O) groups is 1. The monoisotopic (exact) mass is 334 g/mol. The van der Waals surface area contributed by atoms with Gasteiger partial charge in [0.15, 0.2) is 0 Å². The number of aromatic nitrogens is 4. The Kier molecular flexibility index (Phi) is 3.26. The fraction of sp³-hybridized carbons (Fsp3) is 0.467. The van der Waals surface area contributed by atoms with E-state index < -0.39 is 11.3 Å². The molecule has 2 heterocycles.